The number of aromatic nitrogens is 1. The number of carboxylic acids is 1. The van der Waals surface area contributed by atoms with Gasteiger partial charge in [0.1, 0.15) is 5.75 Å². The number of anilines is 2. The molecule has 40 heavy (non-hydrogen) atoms. The van der Waals surface area contributed by atoms with Gasteiger partial charge in [-0.1, -0.05) is 24.3 Å². The molecule has 1 heterocycles. The lowest BCUT2D eigenvalue weighted by atomic mass is 10.1. The Morgan fingerprint density at radius 2 is 1.70 bits per heavy atom. The van der Waals surface area contributed by atoms with Crippen LogP contribution in [0.25, 0.3) is 11.3 Å². The van der Waals surface area contributed by atoms with Gasteiger partial charge in [0.05, 0.1) is 30.3 Å². The van der Waals surface area contributed by atoms with Gasteiger partial charge in [-0.3, -0.25) is 9.59 Å². The molecule has 0 aliphatic rings. The largest absolute Gasteiger partial charge is 0.573 e. The van der Waals surface area contributed by atoms with Crippen molar-refractivity contribution in [3.05, 3.63) is 94.9 Å². The molecule has 3 aromatic carbocycles. The summed E-state index contributed by atoms with van der Waals surface area (Å²) in [6.45, 7) is 0.282. The summed E-state index contributed by atoms with van der Waals surface area (Å²) >= 11 is 1.34. The molecule has 0 saturated carbocycles. The summed E-state index contributed by atoms with van der Waals surface area (Å²) in [4.78, 5) is 29.5. The normalized spacial score (nSPS) is 10.9. The number of nitriles is 1. The molecule has 0 saturated heterocycles. The van der Waals surface area contributed by atoms with Gasteiger partial charge in [-0.2, -0.15) is 5.26 Å². The topological polar surface area (TPSA) is 116 Å². The first kappa shape index (κ1) is 28.1. The highest BCUT2D eigenvalue weighted by atomic mass is 32.1. The molecule has 0 fully saturated rings. The fourth-order valence-electron chi connectivity index (χ4n) is 3.66. The van der Waals surface area contributed by atoms with E-state index in [4.69, 9.17) is 15.4 Å². The number of nitrogens with zero attached hydrogens (tertiary/aromatic N) is 3. The number of alkyl halides is 3. The Labute approximate surface area is 230 Å². The first-order valence-electron chi connectivity index (χ1n) is 11.8. The van der Waals surface area contributed by atoms with Crippen LogP contribution in [-0.2, 0) is 11.3 Å². The quantitative estimate of drug-likeness (QED) is 0.238. The van der Waals surface area contributed by atoms with Gasteiger partial charge < -0.3 is 20.1 Å². The molecule has 0 radical (unpaired) electrons. The van der Waals surface area contributed by atoms with Gasteiger partial charge in [-0.15, -0.1) is 24.5 Å². The van der Waals surface area contributed by atoms with Crippen molar-refractivity contribution in [1.82, 2.24) is 10.3 Å². The molecule has 2 N–H and O–H groups in total. The van der Waals surface area contributed by atoms with E-state index in [2.05, 4.69) is 16.1 Å². The third-order valence-electron chi connectivity index (χ3n) is 5.60. The lowest BCUT2D eigenvalue weighted by Gasteiger charge is -2.23. The fraction of sp³-hybridized carbons (Fsp3) is 0.143. The second kappa shape index (κ2) is 12.3. The molecule has 0 bridgehead atoms. The van der Waals surface area contributed by atoms with E-state index < -0.39 is 18.2 Å². The fourth-order valence-corrected chi connectivity index (χ4v) is 4.52. The lowest BCUT2D eigenvalue weighted by molar-refractivity contribution is -0.274. The number of ether oxygens (including phenoxy) is 1. The first-order valence-corrected chi connectivity index (χ1v) is 12.7. The highest BCUT2D eigenvalue weighted by Crippen LogP contribution is 2.35. The summed E-state index contributed by atoms with van der Waals surface area (Å²) in [5.74, 6) is -1.78. The molecule has 1 aromatic heterocycles. The van der Waals surface area contributed by atoms with Crippen LogP contribution in [-0.4, -0.2) is 34.9 Å². The molecule has 204 valence electrons. The summed E-state index contributed by atoms with van der Waals surface area (Å²) in [6.07, 6.45) is -5.00. The number of carbonyl (C=O) groups is 2. The third-order valence-corrected chi connectivity index (χ3v) is 6.46. The summed E-state index contributed by atoms with van der Waals surface area (Å²) in [5.41, 5.74) is 3.68. The van der Waals surface area contributed by atoms with E-state index >= 15 is 0 Å². The van der Waals surface area contributed by atoms with Crippen molar-refractivity contribution in [2.75, 3.05) is 11.4 Å². The highest BCUT2D eigenvalue weighted by Gasteiger charge is 2.31. The third kappa shape index (κ3) is 7.58. The molecule has 12 heteroatoms. The lowest BCUT2D eigenvalue weighted by Crippen LogP contribution is -2.26. The summed E-state index contributed by atoms with van der Waals surface area (Å²) < 4.78 is 41.9. The molecule has 4 rings (SSSR count). The zero-order chi connectivity index (χ0) is 28.7. The van der Waals surface area contributed by atoms with Crippen molar-refractivity contribution >= 4 is 34.0 Å². The summed E-state index contributed by atoms with van der Waals surface area (Å²) in [5, 5.41) is 22.7. The number of halogens is 3. The minimum atomic E-state index is -4.81. The summed E-state index contributed by atoms with van der Waals surface area (Å²) in [7, 11) is 0. The number of thiazole rings is 1. The predicted molar refractivity (Wildman–Crippen MR) is 142 cm³/mol. The van der Waals surface area contributed by atoms with Crippen LogP contribution in [0.4, 0.5) is 24.0 Å². The zero-order valence-corrected chi connectivity index (χ0v) is 21.5. The van der Waals surface area contributed by atoms with Crippen molar-refractivity contribution in [2.24, 2.45) is 0 Å². The zero-order valence-electron chi connectivity index (χ0n) is 20.7. The van der Waals surface area contributed by atoms with Gasteiger partial charge in [0, 0.05) is 28.7 Å². The van der Waals surface area contributed by atoms with Crippen molar-refractivity contribution in [3.8, 4) is 23.1 Å². The van der Waals surface area contributed by atoms with Crippen molar-refractivity contribution in [1.29, 1.82) is 5.26 Å². The van der Waals surface area contributed by atoms with Crippen molar-refractivity contribution in [2.45, 2.75) is 19.3 Å². The number of benzene rings is 3. The molecular weight excluding hydrogens is 545 g/mol. The van der Waals surface area contributed by atoms with E-state index in [-0.39, 0.29) is 25.3 Å². The standard InChI is InChI=1S/C28H21F3N4O4S/c29-28(30,31)39-23-11-9-22(10-12-23)35(27-34-24(17-40-27)20-5-1-18(15-32)2-6-20)16-19-3-7-21(8-4-19)26(38)33-14-13-25(36)37/h1-12,17H,13-14,16H2,(H,33,38)(H,36,37). The molecule has 0 spiro atoms. The van der Waals surface area contributed by atoms with E-state index in [1.807, 2.05) is 10.3 Å². The molecule has 0 aliphatic carbocycles. The van der Waals surface area contributed by atoms with E-state index in [0.717, 1.165) is 11.1 Å². The molecular formula is C28H21F3N4O4S. The molecule has 0 aliphatic heterocycles. The average Bonchev–Trinajstić information content (AvgIpc) is 3.41. The number of hydrogen-bond donors (Lipinski definition) is 2. The number of rotatable bonds is 10. The van der Waals surface area contributed by atoms with E-state index in [9.17, 15) is 22.8 Å². The van der Waals surface area contributed by atoms with E-state index in [0.29, 0.717) is 27.6 Å². The first-order chi connectivity index (χ1) is 19.1. The highest BCUT2D eigenvalue weighted by molar-refractivity contribution is 7.14. The van der Waals surface area contributed by atoms with Crippen LogP contribution >= 0.6 is 11.3 Å². The Morgan fingerprint density at radius 3 is 2.30 bits per heavy atom. The van der Waals surface area contributed by atoms with Crippen LogP contribution in [0.3, 0.4) is 0 Å². The SMILES string of the molecule is N#Cc1ccc(-c2csc(N(Cc3ccc(C(=O)NCCC(=O)O)cc3)c3ccc(OC(F)(F)F)cc3)n2)cc1. The van der Waals surface area contributed by atoms with Crippen LogP contribution in [0, 0.1) is 11.3 Å². The Balaban J connectivity index is 1.59. The maximum Gasteiger partial charge on any atom is 0.573 e. The number of hydrogen-bond acceptors (Lipinski definition) is 7. The second-order valence-corrected chi connectivity index (χ2v) is 9.27. The number of nitrogens with one attached hydrogen (secondary N) is 1. The van der Waals surface area contributed by atoms with Gasteiger partial charge in [-0.05, 0) is 54.1 Å². The smallest absolute Gasteiger partial charge is 0.481 e. The van der Waals surface area contributed by atoms with Crippen LogP contribution in [0.5, 0.6) is 5.75 Å². The minimum Gasteiger partial charge on any atom is -0.481 e. The predicted octanol–water partition coefficient (Wildman–Crippen LogP) is 6.12. The van der Waals surface area contributed by atoms with Crippen molar-refractivity contribution in [3.63, 3.8) is 0 Å². The van der Waals surface area contributed by atoms with E-state index in [1.54, 1.807) is 48.5 Å². The van der Waals surface area contributed by atoms with Crippen LogP contribution < -0.4 is 15.0 Å². The Bertz CT molecular complexity index is 1510. The maximum absolute atomic E-state index is 12.6. The monoisotopic (exact) mass is 566 g/mol. The van der Waals surface area contributed by atoms with Gasteiger partial charge in [0.2, 0.25) is 0 Å². The molecule has 4 aromatic rings. The molecule has 0 atom stereocenters. The van der Waals surface area contributed by atoms with Crippen LogP contribution in [0.2, 0.25) is 0 Å². The molecule has 0 unspecified atom stereocenters. The second-order valence-electron chi connectivity index (χ2n) is 8.43. The average molecular weight is 567 g/mol. The Kier molecular flexibility index (Phi) is 8.66. The van der Waals surface area contributed by atoms with Gasteiger partial charge in [0.25, 0.3) is 5.91 Å². The molecule has 1 amide bonds. The number of amides is 1. The number of carbonyl (C=O) groups excluding carboxylic acids is 1. The van der Waals surface area contributed by atoms with Crippen molar-refractivity contribution < 1.29 is 32.6 Å². The maximum atomic E-state index is 12.6. The molecule has 8 nitrogen and oxygen atoms in total. The summed E-state index contributed by atoms with van der Waals surface area (Å²) in [6, 6.07) is 21.1. The Hall–Kier alpha value is -4.89. The van der Waals surface area contributed by atoms with Crippen LogP contribution in [0.1, 0.15) is 27.9 Å². The van der Waals surface area contributed by atoms with Gasteiger partial charge in [-0.25, -0.2) is 4.98 Å². The minimum absolute atomic E-state index is 0.00334. The van der Waals surface area contributed by atoms with E-state index in [1.165, 1.54) is 35.6 Å². The Morgan fingerprint density at radius 1 is 1.02 bits per heavy atom. The number of aliphatic carboxylic acids is 1. The van der Waals surface area contributed by atoms with Gasteiger partial charge >= 0.3 is 12.3 Å². The number of carboxylic acid groups (broad SMARTS) is 1. The van der Waals surface area contributed by atoms with Crippen LogP contribution in [0.15, 0.2) is 78.2 Å². The van der Waals surface area contributed by atoms with Gasteiger partial charge in [0.15, 0.2) is 5.13 Å².